The summed E-state index contributed by atoms with van der Waals surface area (Å²) in [6, 6.07) is 17.8. The second-order valence-corrected chi connectivity index (χ2v) is 8.28. The van der Waals surface area contributed by atoms with Crippen LogP contribution in [0.2, 0.25) is 5.02 Å². The van der Waals surface area contributed by atoms with Crippen molar-refractivity contribution in [2.75, 3.05) is 30.6 Å². The van der Waals surface area contributed by atoms with Crippen molar-refractivity contribution in [2.24, 2.45) is 0 Å². The molecule has 0 saturated carbocycles. The lowest BCUT2D eigenvalue weighted by atomic mass is 10.1. The molecule has 0 fully saturated rings. The van der Waals surface area contributed by atoms with Crippen LogP contribution < -0.4 is 20.1 Å². The molecule has 0 aliphatic rings. The molecule has 3 aromatic rings. The van der Waals surface area contributed by atoms with Gasteiger partial charge in [-0.3, -0.25) is 9.59 Å². The highest BCUT2D eigenvalue weighted by Gasteiger charge is 2.18. The van der Waals surface area contributed by atoms with Gasteiger partial charge in [-0.1, -0.05) is 29.8 Å². The Bertz CT molecular complexity index is 1110. The second kappa shape index (κ2) is 10.9. The minimum absolute atomic E-state index is 0.150. The molecular formula is C24H23ClN2O4S. The summed E-state index contributed by atoms with van der Waals surface area (Å²) in [6.07, 6.45) is 0. The number of halogens is 1. The van der Waals surface area contributed by atoms with Gasteiger partial charge in [-0.25, -0.2) is 0 Å². The van der Waals surface area contributed by atoms with E-state index in [4.69, 9.17) is 21.1 Å². The van der Waals surface area contributed by atoms with Crippen molar-refractivity contribution in [3.63, 3.8) is 0 Å². The number of nitrogens with one attached hydrogen (secondary N) is 2. The number of rotatable bonds is 8. The number of thioether (sulfide) groups is 1. The molecular weight excluding hydrogens is 448 g/mol. The number of carbonyl (C=O) groups is 2. The summed E-state index contributed by atoms with van der Waals surface area (Å²) >= 11 is 7.47. The Balaban J connectivity index is 1.64. The van der Waals surface area contributed by atoms with Gasteiger partial charge in [0.1, 0.15) is 17.1 Å². The molecule has 0 bridgehead atoms. The van der Waals surface area contributed by atoms with Gasteiger partial charge in [-0.2, -0.15) is 0 Å². The van der Waals surface area contributed by atoms with Crippen LogP contribution in [0.15, 0.2) is 65.6 Å². The summed E-state index contributed by atoms with van der Waals surface area (Å²) < 4.78 is 10.6. The fraction of sp³-hybridized carbons (Fsp3) is 0.167. The maximum absolute atomic E-state index is 12.9. The van der Waals surface area contributed by atoms with Gasteiger partial charge in [-0.05, 0) is 55.0 Å². The summed E-state index contributed by atoms with van der Waals surface area (Å²) in [7, 11) is 3.00. The number of methoxy groups -OCH3 is 2. The molecule has 32 heavy (non-hydrogen) atoms. The standard InChI is InChI=1S/C24H23ClN2O4S/c1-15-10-11-17(13-19(15)25)26-22(28)14-32-18-7-4-6-16(12-18)27-24(29)23-20(30-2)8-5-9-21(23)31-3/h4-13H,14H2,1-3H3,(H,26,28)(H,27,29). The van der Waals surface area contributed by atoms with Crippen molar-refractivity contribution >= 4 is 46.6 Å². The van der Waals surface area contributed by atoms with Gasteiger partial charge in [0.2, 0.25) is 5.91 Å². The number of hydrogen-bond acceptors (Lipinski definition) is 5. The van der Waals surface area contributed by atoms with E-state index >= 15 is 0 Å². The molecule has 8 heteroatoms. The van der Waals surface area contributed by atoms with Crippen molar-refractivity contribution in [3.8, 4) is 11.5 Å². The Labute approximate surface area is 196 Å². The van der Waals surface area contributed by atoms with Crippen molar-refractivity contribution in [2.45, 2.75) is 11.8 Å². The highest BCUT2D eigenvalue weighted by molar-refractivity contribution is 8.00. The smallest absolute Gasteiger partial charge is 0.263 e. The van der Waals surface area contributed by atoms with E-state index in [2.05, 4.69) is 10.6 Å². The van der Waals surface area contributed by atoms with Gasteiger partial charge < -0.3 is 20.1 Å². The van der Waals surface area contributed by atoms with Crippen LogP contribution in [0.1, 0.15) is 15.9 Å². The molecule has 0 unspecified atom stereocenters. The molecule has 0 spiro atoms. The van der Waals surface area contributed by atoms with Crippen molar-refractivity contribution in [3.05, 3.63) is 76.8 Å². The lowest BCUT2D eigenvalue weighted by Crippen LogP contribution is -2.15. The highest BCUT2D eigenvalue weighted by Crippen LogP contribution is 2.30. The molecule has 0 atom stereocenters. The Hall–Kier alpha value is -3.16. The van der Waals surface area contributed by atoms with Crippen LogP contribution in [0.4, 0.5) is 11.4 Å². The summed E-state index contributed by atoms with van der Waals surface area (Å²) in [5, 5.41) is 6.29. The van der Waals surface area contributed by atoms with Crippen LogP contribution in [0.25, 0.3) is 0 Å². The van der Waals surface area contributed by atoms with Crippen LogP contribution in [0.5, 0.6) is 11.5 Å². The van der Waals surface area contributed by atoms with Gasteiger partial charge in [0, 0.05) is 21.3 Å². The van der Waals surface area contributed by atoms with E-state index in [-0.39, 0.29) is 17.6 Å². The first-order valence-corrected chi connectivity index (χ1v) is 11.1. The topological polar surface area (TPSA) is 76.7 Å². The third kappa shape index (κ3) is 5.96. The van der Waals surface area contributed by atoms with E-state index in [0.29, 0.717) is 33.5 Å². The molecule has 0 radical (unpaired) electrons. The van der Waals surface area contributed by atoms with E-state index in [9.17, 15) is 9.59 Å². The first-order chi connectivity index (χ1) is 15.4. The molecule has 0 aromatic heterocycles. The fourth-order valence-corrected chi connectivity index (χ4v) is 3.88. The average Bonchev–Trinajstić information content (AvgIpc) is 2.79. The number of anilines is 2. The highest BCUT2D eigenvalue weighted by atomic mass is 35.5. The molecule has 2 N–H and O–H groups in total. The predicted molar refractivity (Wildman–Crippen MR) is 129 cm³/mol. The van der Waals surface area contributed by atoms with Gasteiger partial charge in [-0.15, -0.1) is 11.8 Å². The number of ether oxygens (including phenoxy) is 2. The monoisotopic (exact) mass is 470 g/mol. The van der Waals surface area contributed by atoms with Gasteiger partial charge in [0.15, 0.2) is 0 Å². The molecule has 0 aliphatic heterocycles. The van der Waals surface area contributed by atoms with Crippen molar-refractivity contribution in [1.82, 2.24) is 0 Å². The molecule has 3 rings (SSSR count). The SMILES string of the molecule is COc1cccc(OC)c1C(=O)Nc1cccc(SCC(=O)Nc2ccc(C)c(Cl)c2)c1. The zero-order valence-corrected chi connectivity index (χ0v) is 19.5. The number of hydrogen-bond donors (Lipinski definition) is 2. The Morgan fingerprint density at radius 1 is 0.906 bits per heavy atom. The molecule has 166 valence electrons. The van der Waals surface area contributed by atoms with Crippen LogP contribution in [-0.4, -0.2) is 31.8 Å². The van der Waals surface area contributed by atoms with E-state index in [0.717, 1.165) is 10.5 Å². The number of amides is 2. The summed E-state index contributed by atoms with van der Waals surface area (Å²) in [6.45, 7) is 1.90. The third-order valence-corrected chi connectivity index (χ3v) is 5.97. The van der Waals surface area contributed by atoms with Gasteiger partial charge in [0.25, 0.3) is 5.91 Å². The van der Waals surface area contributed by atoms with Gasteiger partial charge in [0.05, 0.1) is 20.0 Å². The Morgan fingerprint density at radius 2 is 1.56 bits per heavy atom. The lowest BCUT2D eigenvalue weighted by Gasteiger charge is -2.13. The summed E-state index contributed by atoms with van der Waals surface area (Å²) in [4.78, 5) is 26.0. The maximum atomic E-state index is 12.9. The summed E-state index contributed by atoms with van der Waals surface area (Å²) in [5.74, 6) is 0.544. The number of benzene rings is 3. The van der Waals surface area contributed by atoms with Crippen molar-refractivity contribution < 1.29 is 19.1 Å². The van der Waals surface area contributed by atoms with Crippen LogP contribution >= 0.6 is 23.4 Å². The average molecular weight is 471 g/mol. The molecule has 0 aliphatic carbocycles. The molecule has 0 heterocycles. The Kier molecular flexibility index (Phi) is 8.03. The number of carbonyl (C=O) groups excluding carboxylic acids is 2. The van der Waals surface area contributed by atoms with Crippen LogP contribution in [0.3, 0.4) is 0 Å². The minimum Gasteiger partial charge on any atom is -0.496 e. The first-order valence-electron chi connectivity index (χ1n) is 9.72. The maximum Gasteiger partial charge on any atom is 0.263 e. The van der Waals surface area contributed by atoms with E-state index in [1.165, 1.54) is 26.0 Å². The quantitative estimate of drug-likeness (QED) is 0.416. The minimum atomic E-state index is -0.351. The van der Waals surface area contributed by atoms with Gasteiger partial charge >= 0.3 is 0 Å². The van der Waals surface area contributed by atoms with Crippen LogP contribution in [0, 0.1) is 6.92 Å². The molecule has 3 aromatic carbocycles. The Morgan fingerprint density at radius 3 is 2.22 bits per heavy atom. The normalized spacial score (nSPS) is 10.4. The fourth-order valence-electron chi connectivity index (χ4n) is 2.95. The number of aryl methyl sites for hydroxylation is 1. The largest absolute Gasteiger partial charge is 0.496 e. The second-order valence-electron chi connectivity index (χ2n) is 6.82. The summed E-state index contributed by atoms with van der Waals surface area (Å²) in [5.41, 5.74) is 2.51. The molecule has 0 saturated heterocycles. The predicted octanol–water partition coefficient (Wildman–Crippen LogP) is 5.65. The third-order valence-electron chi connectivity index (χ3n) is 4.57. The molecule has 2 amide bonds. The lowest BCUT2D eigenvalue weighted by molar-refractivity contribution is -0.113. The molecule has 6 nitrogen and oxygen atoms in total. The van der Waals surface area contributed by atoms with E-state index in [1.807, 2.05) is 31.2 Å². The van der Waals surface area contributed by atoms with Crippen LogP contribution in [-0.2, 0) is 4.79 Å². The van der Waals surface area contributed by atoms with E-state index in [1.54, 1.807) is 36.4 Å². The zero-order valence-electron chi connectivity index (χ0n) is 17.9. The van der Waals surface area contributed by atoms with Crippen molar-refractivity contribution in [1.29, 1.82) is 0 Å². The zero-order chi connectivity index (χ0) is 23.1. The first kappa shape index (κ1) is 23.5. The van der Waals surface area contributed by atoms with E-state index < -0.39 is 0 Å².